The number of nitrogens with zero attached hydrogens (tertiary/aromatic N) is 5. The molecule has 33 heavy (non-hydrogen) atoms. The number of amides is 1. The summed E-state index contributed by atoms with van der Waals surface area (Å²) in [4.78, 5) is 19.5. The lowest BCUT2D eigenvalue weighted by atomic mass is 10.1. The summed E-state index contributed by atoms with van der Waals surface area (Å²) in [5.74, 6) is -0.254. The molecule has 1 N–H and O–H groups in total. The van der Waals surface area contributed by atoms with Gasteiger partial charge in [0.2, 0.25) is 0 Å². The molecule has 0 saturated carbocycles. The van der Waals surface area contributed by atoms with E-state index in [9.17, 15) is 9.18 Å². The van der Waals surface area contributed by atoms with E-state index >= 15 is 0 Å². The Hall–Kier alpha value is -3.55. The van der Waals surface area contributed by atoms with Crippen LogP contribution in [0.1, 0.15) is 46.7 Å². The van der Waals surface area contributed by atoms with Crippen molar-refractivity contribution in [2.45, 2.75) is 39.5 Å². The van der Waals surface area contributed by atoms with Crippen molar-refractivity contribution in [3.05, 3.63) is 64.9 Å². The average molecular weight is 449 g/mol. The van der Waals surface area contributed by atoms with E-state index in [0.717, 1.165) is 65.1 Å². The van der Waals surface area contributed by atoms with Gasteiger partial charge < -0.3 is 4.90 Å². The molecule has 0 atom stereocenters. The number of aryl methyl sites for hydroxylation is 4. The van der Waals surface area contributed by atoms with Crippen LogP contribution < -0.4 is 0 Å². The monoisotopic (exact) mass is 448 g/mol. The van der Waals surface area contributed by atoms with Crippen molar-refractivity contribution >= 4 is 16.9 Å². The number of H-pyrrole nitrogens is 1. The van der Waals surface area contributed by atoms with Gasteiger partial charge in [0.05, 0.1) is 22.3 Å². The molecule has 0 radical (unpaired) electrons. The van der Waals surface area contributed by atoms with Gasteiger partial charge in [0.25, 0.3) is 5.91 Å². The lowest BCUT2D eigenvalue weighted by molar-refractivity contribution is 0.0794. The second kappa shape index (κ2) is 9.52. The Balaban J connectivity index is 1.29. The summed E-state index contributed by atoms with van der Waals surface area (Å²) < 4.78 is 14.8. The molecule has 1 aromatic carbocycles. The molecule has 3 heterocycles. The van der Waals surface area contributed by atoms with Gasteiger partial charge in [-0.3, -0.25) is 14.6 Å². The largest absolute Gasteiger partial charge is 0.342 e. The van der Waals surface area contributed by atoms with E-state index in [1.54, 1.807) is 21.7 Å². The predicted octanol–water partition coefficient (Wildman–Crippen LogP) is 4.60. The van der Waals surface area contributed by atoms with Crippen LogP contribution in [-0.2, 0) is 13.5 Å². The molecule has 3 aromatic heterocycles. The van der Waals surface area contributed by atoms with Gasteiger partial charge in [-0.25, -0.2) is 9.37 Å². The Bertz CT molecular complexity index is 1270. The third-order valence-electron chi connectivity index (χ3n) is 5.88. The molecule has 0 aliphatic rings. The summed E-state index contributed by atoms with van der Waals surface area (Å²) in [7, 11) is 3.70. The van der Waals surface area contributed by atoms with Gasteiger partial charge in [-0.2, -0.15) is 10.2 Å². The fourth-order valence-corrected chi connectivity index (χ4v) is 4.15. The minimum Gasteiger partial charge on any atom is -0.342 e. The van der Waals surface area contributed by atoms with E-state index in [1.807, 2.05) is 40.1 Å². The normalized spacial score (nSPS) is 11.3. The van der Waals surface area contributed by atoms with Gasteiger partial charge in [-0.05, 0) is 69.5 Å². The molecule has 0 bridgehead atoms. The van der Waals surface area contributed by atoms with Crippen LogP contribution in [0, 0.1) is 19.7 Å². The summed E-state index contributed by atoms with van der Waals surface area (Å²) in [5, 5.41) is 12.7. The van der Waals surface area contributed by atoms with Gasteiger partial charge in [-0.1, -0.05) is 6.42 Å². The first-order valence-corrected chi connectivity index (χ1v) is 11.2. The Morgan fingerprint density at radius 1 is 1.12 bits per heavy atom. The van der Waals surface area contributed by atoms with E-state index in [-0.39, 0.29) is 11.7 Å². The lowest BCUT2D eigenvalue weighted by Gasteiger charge is -2.18. The highest BCUT2D eigenvalue weighted by Gasteiger charge is 2.20. The molecule has 0 spiro atoms. The SMILES string of the molecule is Cc1cc(C(=O)N(C)CCCCCc2cc(-c3ccc(F)cc3)n[nH]2)c2c(C)nn(C)c2n1. The van der Waals surface area contributed by atoms with Crippen molar-refractivity contribution in [3.8, 4) is 11.3 Å². The van der Waals surface area contributed by atoms with E-state index in [0.29, 0.717) is 12.1 Å². The molecule has 0 aliphatic heterocycles. The molecule has 7 nitrogen and oxygen atoms in total. The second-order valence-electron chi connectivity index (χ2n) is 8.54. The van der Waals surface area contributed by atoms with Crippen molar-refractivity contribution < 1.29 is 9.18 Å². The zero-order valence-corrected chi connectivity index (χ0v) is 19.5. The molecular formula is C25H29FN6O. The van der Waals surface area contributed by atoms with Crippen molar-refractivity contribution in [2.75, 3.05) is 13.6 Å². The number of aromatic amines is 1. The smallest absolute Gasteiger partial charge is 0.254 e. The van der Waals surface area contributed by atoms with Gasteiger partial charge in [0.15, 0.2) is 5.65 Å². The lowest BCUT2D eigenvalue weighted by Crippen LogP contribution is -2.28. The molecule has 0 unspecified atom stereocenters. The first-order valence-electron chi connectivity index (χ1n) is 11.2. The maximum absolute atomic E-state index is 13.1. The molecule has 0 fully saturated rings. The fourth-order valence-electron chi connectivity index (χ4n) is 4.15. The number of fused-ring (bicyclic) bond motifs is 1. The molecule has 4 rings (SSSR count). The van der Waals surface area contributed by atoms with Gasteiger partial charge >= 0.3 is 0 Å². The maximum atomic E-state index is 13.1. The van der Waals surface area contributed by atoms with Crippen LogP contribution in [0.4, 0.5) is 4.39 Å². The quantitative estimate of drug-likeness (QED) is 0.400. The number of carbonyl (C=O) groups is 1. The van der Waals surface area contributed by atoms with E-state index in [2.05, 4.69) is 20.3 Å². The van der Waals surface area contributed by atoms with Gasteiger partial charge in [-0.15, -0.1) is 0 Å². The minimum absolute atomic E-state index is 0.000826. The third-order valence-corrected chi connectivity index (χ3v) is 5.88. The third kappa shape index (κ3) is 4.94. The van der Waals surface area contributed by atoms with Crippen molar-refractivity contribution in [2.24, 2.45) is 7.05 Å². The predicted molar refractivity (Wildman–Crippen MR) is 126 cm³/mol. The first-order chi connectivity index (χ1) is 15.8. The number of hydrogen-bond acceptors (Lipinski definition) is 4. The average Bonchev–Trinajstić information content (AvgIpc) is 3.37. The van der Waals surface area contributed by atoms with E-state index in [1.165, 1.54) is 12.1 Å². The molecule has 8 heteroatoms. The van der Waals surface area contributed by atoms with Crippen molar-refractivity contribution in [3.63, 3.8) is 0 Å². The highest BCUT2D eigenvalue weighted by Crippen LogP contribution is 2.23. The molecule has 0 aliphatic carbocycles. The summed E-state index contributed by atoms with van der Waals surface area (Å²) in [6.45, 7) is 4.49. The number of pyridine rings is 1. The number of aromatic nitrogens is 5. The number of nitrogens with one attached hydrogen (secondary N) is 1. The van der Waals surface area contributed by atoms with Crippen LogP contribution in [0.15, 0.2) is 36.4 Å². The summed E-state index contributed by atoms with van der Waals surface area (Å²) >= 11 is 0. The summed E-state index contributed by atoms with van der Waals surface area (Å²) in [6, 6.07) is 10.2. The number of halogens is 1. The Labute approximate surface area is 192 Å². The Morgan fingerprint density at radius 3 is 2.64 bits per heavy atom. The zero-order valence-electron chi connectivity index (χ0n) is 19.5. The topological polar surface area (TPSA) is 79.7 Å². The standard InChI is InChI=1S/C25H29FN6O/c1-16-14-21(23-17(2)30-32(4)24(23)27-16)25(33)31(3)13-7-5-6-8-20-15-22(29-28-20)18-9-11-19(26)12-10-18/h9-12,14-15H,5-8,13H2,1-4H3,(H,28,29). The van der Waals surface area contributed by atoms with Gasteiger partial charge in [0.1, 0.15) is 5.82 Å². The van der Waals surface area contributed by atoms with E-state index in [4.69, 9.17) is 0 Å². The van der Waals surface area contributed by atoms with Crippen LogP contribution in [0.5, 0.6) is 0 Å². The van der Waals surface area contributed by atoms with Gasteiger partial charge in [0, 0.05) is 37.6 Å². The molecule has 0 saturated heterocycles. The molecule has 172 valence electrons. The highest BCUT2D eigenvalue weighted by molar-refractivity contribution is 6.06. The van der Waals surface area contributed by atoms with E-state index < -0.39 is 0 Å². The van der Waals surface area contributed by atoms with Crippen LogP contribution in [-0.4, -0.2) is 49.4 Å². The molecular weight excluding hydrogens is 419 g/mol. The fraction of sp³-hybridized carbons (Fsp3) is 0.360. The number of benzene rings is 1. The summed E-state index contributed by atoms with van der Waals surface area (Å²) in [5.41, 5.74) is 5.79. The van der Waals surface area contributed by atoms with Crippen LogP contribution in [0.3, 0.4) is 0 Å². The Kier molecular flexibility index (Phi) is 6.53. The number of unbranched alkanes of at least 4 members (excludes halogenated alkanes) is 2. The summed E-state index contributed by atoms with van der Waals surface area (Å²) in [6.07, 6.45) is 3.79. The van der Waals surface area contributed by atoms with Crippen LogP contribution in [0.25, 0.3) is 22.3 Å². The van der Waals surface area contributed by atoms with Crippen molar-refractivity contribution in [1.82, 2.24) is 29.9 Å². The second-order valence-corrected chi connectivity index (χ2v) is 8.54. The minimum atomic E-state index is -0.253. The molecule has 4 aromatic rings. The number of rotatable bonds is 8. The highest BCUT2D eigenvalue weighted by atomic mass is 19.1. The van der Waals surface area contributed by atoms with Crippen molar-refractivity contribution in [1.29, 1.82) is 0 Å². The number of hydrogen-bond donors (Lipinski definition) is 1. The first kappa shape index (κ1) is 22.6. The molecule has 1 amide bonds. The number of carbonyl (C=O) groups excluding carboxylic acids is 1. The zero-order chi connectivity index (χ0) is 23.5. The van der Waals surface area contributed by atoms with Crippen LogP contribution >= 0.6 is 0 Å². The maximum Gasteiger partial charge on any atom is 0.254 e. The Morgan fingerprint density at radius 2 is 1.88 bits per heavy atom. The van der Waals surface area contributed by atoms with Crippen LogP contribution in [0.2, 0.25) is 0 Å².